The molecule has 0 spiro atoms. The first-order valence-corrected chi connectivity index (χ1v) is 9.76. The molecule has 0 aliphatic carbocycles. The summed E-state index contributed by atoms with van der Waals surface area (Å²) < 4.78 is 63.5. The van der Waals surface area contributed by atoms with E-state index in [4.69, 9.17) is 19.8 Å². The van der Waals surface area contributed by atoms with Gasteiger partial charge in [0.25, 0.3) is 0 Å². The van der Waals surface area contributed by atoms with Gasteiger partial charge in [-0.3, -0.25) is 9.88 Å². The van der Waals surface area contributed by atoms with Gasteiger partial charge in [-0.1, -0.05) is 6.07 Å². The van der Waals surface area contributed by atoms with E-state index in [1.54, 1.807) is 4.90 Å². The minimum Gasteiger partial charge on any atom is -0.475 e. The molecule has 15 heteroatoms. The van der Waals surface area contributed by atoms with Gasteiger partial charge >= 0.3 is 30.3 Å². The van der Waals surface area contributed by atoms with Crippen LogP contribution in [-0.4, -0.2) is 99.5 Å². The number of carbonyl (C=O) groups excluding carboxylic acids is 1. The number of halogens is 6. The molecule has 34 heavy (non-hydrogen) atoms. The van der Waals surface area contributed by atoms with Crippen molar-refractivity contribution in [2.75, 3.05) is 27.2 Å². The highest BCUT2D eigenvalue weighted by Gasteiger charge is 2.44. The minimum atomic E-state index is -5.08. The predicted molar refractivity (Wildman–Crippen MR) is 105 cm³/mol. The lowest BCUT2D eigenvalue weighted by Gasteiger charge is -2.27. The van der Waals surface area contributed by atoms with Crippen molar-refractivity contribution in [3.8, 4) is 0 Å². The standard InChI is InChI=1S/C15H22N4O.2C2HF3O2/c1-17(2)15(20)19-9-6-13-14(19)5-8-18(13)11-12-4-3-7-16-10-12;2*3-2(4,5)1(6)7/h3-4,7,10,13-14H,5-6,8-9,11H2,1-2H3;2*(H,6,7)/t13-,14+;;/m0../s1. The third-order valence-electron chi connectivity index (χ3n) is 4.91. The van der Waals surface area contributed by atoms with Gasteiger partial charge in [0.05, 0.1) is 6.04 Å². The van der Waals surface area contributed by atoms with Crippen molar-refractivity contribution in [2.24, 2.45) is 0 Å². The molecule has 2 saturated heterocycles. The number of aliphatic carboxylic acids is 2. The van der Waals surface area contributed by atoms with Gasteiger partial charge in [-0.15, -0.1) is 0 Å². The van der Waals surface area contributed by atoms with Gasteiger partial charge in [-0.05, 0) is 24.5 Å². The first kappa shape index (κ1) is 28.9. The second-order valence-corrected chi connectivity index (χ2v) is 7.52. The molecular weight excluding hydrogens is 478 g/mol. The van der Waals surface area contributed by atoms with Crippen molar-refractivity contribution in [3.05, 3.63) is 30.1 Å². The van der Waals surface area contributed by atoms with Crippen molar-refractivity contribution in [3.63, 3.8) is 0 Å². The molecule has 0 unspecified atom stereocenters. The van der Waals surface area contributed by atoms with Crippen LogP contribution in [-0.2, 0) is 16.1 Å². The summed E-state index contributed by atoms with van der Waals surface area (Å²) in [4.78, 5) is 40.4. The van der Waals surface area contributed by atoms with Crippen LogP contribution >= 0.6 is 0 Å². The Labute approximate surface area is 190 Å². The van der Waals surface area contributed by atoms with E-state index in [9.17, 15) is 31.1 Å². The fourth-order valence-electron chi connectivity index (χ4n) is 3.49. The van der Waals surface area contributed by atoms with Crippen LogP contribution in [0.5, 0.6) is 0 Å². The van der Waals surface area contributed by atoms with Crippen LogP contribution in [0.15, 0.2) is 24.5 Å². The third-order valence-corrected chi connectivity index (χ3v) is 4.91. The van der Waals surface area contributed by atoms with E-state index in [1.165, 1.54) is 5.56 Å². The number of likely N-dealkylation sites (tertiary alicyclic amines) is 2. The van der Waals surface area contributed by atoms with Gasteiger partial charge in [-0.2, -0.15) is 26.3 Å². The Morgan fingerprint density at radius 3 is 1.91 bits per heavy atom. The van der Waals surface area contributed by atoms with Crippen LogP contribution in [0.3, 0.4) is 0 Å². The lowest BCUT2D eigenvalue weighted by atomic mass is 10.1. The van der Waals surface area contributed by atoms with Crippen LogP contribution in [0.25, 0.3) is 0 Å². The number of amides is 2. The minimum absolute atomic E-state index is 0.153. The SMILES string of the molecule is CN(C)C(=O)N1CC[C@H]2[C@H]1CCN2Cc1cccnc1.O=C(O)C(F)(F)F.O=C(O)C(F)(F)F. The zero-order valence-electron chi connectivity index (χ0n) is 18.2. The molecule has 192 valence electrons. The molecule has 2 fully saturated rings. The van der Waals surface area contributed by atoms with Crippen molar-refractivity contribution in [1.29, 1.82) is 0 Å². The smallest absolute Gasteiger partial charge is 0.475 e. The van der Waals surface area contributed by atoms with Gasteiger partial charge in [0, 0.05) is 52.2 Å². The number of nitrogens with zero attached hydrogens (tertiary/aromatic N) is 4. The van der Waals surface area contributed by atoms with E-state index in [0.717, 1.165) is 32.5 Å². The number of hydrogen-bond acceptors (Lipinski definition) is 5. The van der Waals surface area contributed by atoms with Crippen molar-refractivity contribution < 1.29 is 50.9 Å². The number of carboxylic acid groups (broad SMARTS) is 2. The molecule has 3 heterocycles. The fraction of sp³-hybridized carbons (Fsp3) is 0.579. The van der Waals surface area contributed by atoms with Crippen molar-refractivity contribution in [1.82, 2.24) is 19.7 Å². The van der Waals surface area contributed by atoms with E-state index in [2.05, 4.69) is 16.0 Å². The summed E-state index contributed by atoms with van der Waals surface area (Å²) in [5, 5.41) is 14.2. The summed E-state index contributed by atoms with van der Waals surface area (Å²) in [5.41, 5.74) is 1.26. The molecule has 2 amide bonds. The number of rotatable bonds is 2. The first-order valence-electron chi connectivity index (χ1n) is 9.76. The molecule has 0 radical (unpaired) electrons. The molecule has 2 atom stereocenters. The number of alkyl halides is 6. The van der Waals surface area contributed by atoms with Gasteiger partial charge in [0.2, 0.25) is 0 Å². The second-order valence-electron chi connectivity index (χ2n) is 7.52. The van der Waals surface area contributed by atoms with E-state index >= 15 is 0 Å². The van der Waals surface area contributed by atoms with Gasteiger partial charge in [0.15, 0.2) is 0 Å². The van der Waals surface area contributed by atoms with Crippen LogP contribution < -0.4 is 0 Å². The normalized spacial score (nSPS) is 19.8. The summed E-state index contributed by atoms with van der Waals surface area (Å²) in [7, 11) is 3.66. The third kappa shape index (κ3) is 8.68. The second kappa shape index (κ2) is 11.9. The number of carboxylic acids is 2. The molecule has 0 saturated carbocycles. The highest BCUT2D eigenvalue weighted by molar-refractivity contribution is 5.75. The maximum Gasteiger partial charge on any atom is 0.490 e. The van der Waals surface area contributed by atoms with Gasteiger partial charge in [0.1, 0.15) is 0 Å². The van der Waals surface area contributed by atoms with E-state index in [1.807, 2.05) is 37.5 Å². The van der Waals surface area contributed by atoms with Crippen molar-refractivity contribution in [2.45, 2.75) is 43.8 Å². The van der Waals surface area contributed by atoms with Crippen LogP contribution in [0.2, 0.25) is 0 Å². The average Bonchev–Trinajstić information content (AvgIpc) is 3.30. The molecule has 0 bridgehead atoms. The zero-order chi connectivity index (χ0) is 26.3. The monoisotopic (exact) mass is 502 g/mol. The molecule has 9 nitrogen and oxygen atoms in total. The Balaban J connectivity index is 0.000000343. The van der Waals surface area contributed by atoms with E-state index in [-0.39, 0.29) is 6.03 Å². The highest BCUT2D eigenvalue weighted by atomic mass is 19.4. The summed E-state index contributed by atoms with van der Waals surface area (Å²) in [6.45, 7) is 2.90. The number of fused-ring (bicyclic) bond motifs is 1. The summed E-state index contributed by atoms with van der Waals surface area (Å²) in [6, 6.07) is 5.17. The molecule has 2 N–H and O–H groups in total. The molecule has 1 aromatic rings. The lowest BCUT2D eigenvalue weighted by Crippen LogP contribution is -2.44. The Morgan fingerprint density at radius 1 is 1.00 bits per heavy atom. The molecule has 1 aromatic heterocycles. The highest BCUT2D eigenvalue weighted by Crippen LogP contribution is 2.33. The van der Waals surface area contributed by atoms with Crippen molar-refractivity contribution >= 4 is 18.0 Å². The lowest BCUT2D eigenvalue weighted by molar-refractivity contribution is -0.193. The Kier molecular flexibility index (Phi) is 10.1. The topological polar surface area (TPSA) is 114 Å². The number of carbonyl (C=O) groups is 3. The summed E-state index contributed by atoms with van der Waals surface area (Å²) in [5.74, 6) is -5.51. The van der Waals surface area contributed by atoms with E-state index < -0.39 is 24.3 Å². The molecule has 2 aliphatic heterocycles. The number of pyridine rings is 1. The fourth-order valence-corrected chi connectivity index (χ4v) is 3.49. The molecular formula is C19H24F6N4O5. The first-order chi connectivity index (χ1) is 15.6. The Morgan fingerprint density at radius 2 is 1.50 bits per heavy atom. The number of urea groups is 1. The Bertz CT molecular complexity index is 811. The predicted octanol–water partition coefficient (Wildman–Crippen LogP) is 2.68. The largest absolute Gasteiger partial charge is 0.490 e. The maximum absolute atomic E-state index is 12.2. The van der Waals surface area contributed by atoms with E-state index in [0.29, 0.717) is 12.1 Å². The maximum atomic E-state index is 12.2. The van der Waals surface area contributed by atoms with Crippen LogP contribution in [0.4, 0.5) is 31.1 Å². The quantitative estimate of drug-likeness (QED) is 0.598. The molecule has 2 aliphatic rings. The zero-order valence-corrected chi connectivity index (χ0v) is 18.2. The van der Waals surface area contributed by atoms with Gasteiger partial charge < -0.3 is 20.0 Å². The Hall–Kier alpha value is -3.10. The molecule has 3 rings (SSSR count). The van der Waals surface area contributed by atoms with Crippen LogP contribution in [0.1, 0.15) is 18.4 Å². The molecule has 0 aromatic carbocycles. The summed E-state index contributed by atoms with van der Waals surface area (Å²) in [6.07, 6.45) is -4.25. The summed E-state index contributed by atoms with van der Waals surface area (Å²) >= 11 is 0. The average molecular weight is 502 g/mol. The van der Waals surface area contributed by atoms with Gasteiger partial charge in [-0.25, -0.2) is 14.4 Å². The number of aromatic nitrogens is 1. The number of hydrogen-bond donors (Lipinski definition) is 2. The van der Waals surface area contributed by atoms with Crippen LogP contribution in [0, 0.1) is 0 Å².